The summed E-state index contributed by atoms with van der Waals surface area (Å²) in [4.78, 5) is 4.65. The molecular weight excluding hydrogens is 431 g/mol. The minimum Gasteiger partial charge on any atom is -0.361 e. The summed E-state index contributed by atoms with van der Waals surface area (Å²) in [5, 5.41) is 1.84. The van der Waals surface area contributed by atoms with E-state index in [2.05, 4.69) is 31.5 Å². The molecule has 0 radical (unpaired) electrons. The van der Waals surface area contributed by atoms with Crippen molar-refractivity contribution < 1.29 is 4.74 Å². The van der Waals surface area contributed by atoms with Crippen LogP contribution in [0.4, 0.5) is 0 Å². The summed E-state index contributed by atoms with van der Waals surface area (Å²) < 4.78 is 8.20. The lowest BCUT2D eigenvalue weighted by atomic mass is 10.0. The highest BCUT2D eigenvalue weighted by molar-refractivity contribution is 6.77. The highest BCUT2D eigenvalue weighted by atomic mass is 35.5. The Hall–Kier alpha value is -1.30. The van der Waals surface area contributed by atoms with Crippen molar-refractivity contribution in [3.05, 3.63) is 63.9 Å². The number of halogens is 3. The standard InChI is InChI=1S/C21H23Cl3N2OSi/c1-14(28(2,3)4)27-13-26-12-25-20(18-10-9-17(23)11-19(18)24)21(26)15-5-7-16(22)8-6-15/h5-12,14H,13H2,1-4H3. The van der Waals surface area contributed by atoms with E-state index in [1.807, 2.05) is 41.0 Å². The average Bonchev–Trinajstić information content (AvgIpc) is 3.03. The van der Waals surface area contributed by atoms with Crippen LogP contribution in [0.5, 0.6) is 0 Å². The second-order valence-corrected chi connectivity index (χ2v) is 14.7. The first kappa shape index (κ1) is 21.4. The molecule has 3 aromatic rings. The first-order valence-electron chi connectivity index (χ1n) is 9.05. The van der Waals surface area contributed by atoms with Gasteiger partial charge < -0.3 is 9.30 Å². The van der Waals surface area contributed by atoms with Gasteiger partial charge in [-0.2, -0.15) is 0 Å². The number of hydrogen-bond acceptors (Lipinski definition) is 2. The van der Waals surface area contributed by atoms with Crippen molar-refractivity contribution >= 4 is 42.9 Å². The fourth-order valence-corrected chi connectivity index (χ4v) is 3.91. The van der Waals surface area contributed by atoms with Gasteiger partial charge in [0, 0.05) is 26.9 Å². The lowest BCUT2D eigenvalue weighted by Crippen LogP contribution is -2.38. The SMILES string of the molecule is CC(OCn1cnc(-c2ccc(Cl)cc2Cl)c1-c1ccc(Cl)cc1)[Si](C)(C)C. The van der Waals surface area contributed by atoms with Crippen LogP contribution >= 0.6 is 34.8 Å². The van der Waals surface area contributed by atoms with Crippen LogP contribution in [0.3, 0.4) is 0 Å². The van der Waals surface area contributed by atoms with E-state index in [0.717, 1.165) is 22.5 Å². The summed E-state index contributed by atoms with van der Waals surface area (Å²) in [5.41, 5.74) is 3.76. The zero-order chi connectivity index (χ0) is 20.5. The van der Waals surface area contributed by atoms with Crippen molar-refractivity contribution in [3.8, 4) is 22.5 Å². The molecule has 0 fully saturated rings. The van der Waals surface area contributed by atoms with Gasteiger partial charge in [-0.3, -0.25) is 0 Å². The lowest BCUT2D eigenvalue weighted by Gasteiger charge is -2.25. The highest BCUT2D eigenvalue weighted by Gasteiger charge is 2.24. The Bertz CT molecular complexity index is 965. The molecule has 3 nitrogen and oxygen atoms in total. The molecule has 1 atom stereocenters. The smallest absolute Gasteiger partial charge is 0.124 e. The molecule has 7 heteroatoms. The Balaban J connectivity index is 2.05. The normalized spacial score (nSPS) is 13.0. The van der Waals surface area contributed by atoms with Crippen LogP contribution in [0.1, 0.15) is 6.92 Å². The second kappa shape index (κ2) is 8.60. The van der Waals surface area contributed by atoms with Gasteiger partial charge in [-0.25, -0.2) is 4.98 Å². The first-order chi connectivity index (χ1) is 13.2. The predicted octanol–water partition coefficient (Wildman–Crippen LogP) is 7.42. The van der Waals surface area contributed by atoms with Crippen molar-refractivity contribution in [2.75, 3.05) is 0 Å². The zero-order valence-electron chi connectivity index (χ0n) is 16.3. The molecule has 28 heavy (non-hydrogen) atoms. The molecule has 0 spiro atoms. The Morgan fingerprint density at radius 3 is 2.25 bits per heavy atom. The molecule has 148 valence electrons. The van der Waals surface area contributed by atoms with Gasteiger partial charge >= 0.3 is 0 Å². The summed E-state index contributed by atoms with van der Waals surface area (Å²) >= 11 is 18.6. The van der Waals surface area contributed by atoms with E-state index in [1.54, 1.807) is 12.4 Å². The zero-order valence-corrected chi connectivity index (χ0v) is 19.6. The highest BCUT2D eigenvalue weighted by Crippen LogP contribution is 2.36. The van der Waals surface area contributed by atoms with Gasteiger partial charge in [-0.05, 0) is 37.3 Å². The maximum atomic E-state index is 6.46. The van der Waals surface area contributed by atoms with Gasteiger partial charge in [0.05, 0.1) is 30.8 Å². The molecule has 1 aromatic heterocycles. The summed E-state index contributed by atoms with van der Waals surface area (Å²) in [7, 11) is -1.40. The number of hydrogen-bond donors (Lipinski definition) is 0. The van der Waals surface area contributed by atoms with Crippen LogP contribution in [0.25, 0.3) is 22.5 Å². The van der Waals surface area contributed by atoms with E-state index < -0.39 is 8.07 Å². The first-order valence-corrected chi connectivity index (χ1v) is 13.8. The number of benzene rings is 2. The third-order valence-corrected chi connectivity index (χ3v) is 8.23. The number of aromatic nitrogens is 2. The lowest BCUT2D eigenvalue weighted by molar-refractivity contribution is 0.0575. The molecule has 0 saturated heterocycles. The maximum Gasteiger partial charge on any atom is 0.124 e. The monoisotopic (exact) mass is 452 g/mol. The van der Waals surface area contributed by atoms with Crippen LogP contribution in [0.15, 0.2) is 48.8 Å². The van der Waals surface area contributed by atoms with Crippen LogP contribution in [0.2, 0.25) is 34.7 Å². The molecule has 0 bridgehead atoms. The van der Waals surface area contributed by atoms with E-state index in [9.17, 15) is 0 Å². The van der Waals surface area contributed by atoms with Gasteiger partial charge in [0.1, 0.15) is 6.73 Å². The third-order valence-electron chi connectivity index (χ3n) is 4.82. The largest absolute Gasteiger partial charge is 0.361 e. The number of imidazole rings is 1. The molecule has 1 heterocycles. The molecular formula is C21H23Cl3N2OSi. The third kappa shape index (κ3) is 4.81. The summed E-state index contributed by atoms with van der Waals surface area (Å²) in [6.45, 7) is 9.45. The molecule has 0 aliphatic carbocycles. The maximum absolute atomic E-state index is 6.46. The van der Waals surface area contributed by atoms with Crippen molar-refractivity contribution in [2.24, 2.45) is 0 Å². The number of ether oxygens (including phenoxy) is 1. The van der Waals surface area contributed by atoms with Crippen LogP contribution in [-0.4, -0.2) is 23.4 Å². The molecule has 1 unspecified atom stereocenters. The van der Waals surface area contributed by atoms with E-state index in [-0.39, 0.29) is 5.73 Å². The minimum absolute atomic E-state index is 0.218. The fraction of sp³-hybridized carbons (Fsp3) is 0.286. The topological polar surface area (TPSA) is 27.1 Å². The molecule has 0 saturated carbocycles. The molecule has 0 aliphatic rings. The molecule has 2 aromatic carbocycles. The van der Waals surface area contributed by atoms with Gasteiger partial charge in [0.2, 0.25) is 0 Å². The molecule has 0 aliphatic heterocycles. The van der Waals surface area contributed by atoms with E-state index >= 15 is 0 Å². The average molecular weight is 454 g/mol. The van der Waals surface area contributed by atoms with E-state index in [4.69, 9.17) is 39.5 Å². The Morgan fingerprint density at radius 1 is 1.00 bits per heavy atom. The van der Waals surface area contributed by atoms with Crippen LogP contribution in [0, 0.1) is 0 Å². The molecule has 0 amide bonds. The Kier molecular flexibility index (Phi) is 6.57. The van der Waals surface area contributed by atoms with Crippen molar-refractivity contribution in [1.29, 1.82) is 0 Å². The summed E-state index contributed by atoms with van der Waals surface area (Å²) in [6, 6.07) is 13.1. The molecule has 3 rings (SSSR count). The van der Waals surface area contributed by atoms with Crippen molar-refractivity contribution in [2.45, 2.75) is 39.0 Å². The van der Waals surface area contributed by atoms with E-state index in [1.165, 1.54) is 0 Å². The van der Waals surface area contributed by atoms with Gasteiger partial charge in [-0.1, -0.05) is 66.6 Å². The Labute approximate surface area is 182 Å². The van der Waals surface area contributed by atoms with Crippen molar-refractivity contribution in [3.63, 3.8) is 0 Å². The quantitative estimate of drug-likeness (QED) is 0.363. The summed E-state index contributed by atoms with van der Waals surface area (Å²) in [6.07, 6.45) is 1.79. The fourth-order valence-electron chi connectivity index (χ4n) is 2.71. The van der Waals surface area contributed by atoms with E-state index in [0.29, 0.717) is 21.8 Å². The Morgan fingerprint density at radius 2 is 1.64 bits per heavy atom. The van der Waals surface area contributed by atoms with Gasteiger partial charge in [0.25, 0.3) is 0 Å². The van der Waals surface area contributed by atoms with Crippen LogP contribution < -0.4 is 0 Å². The molecule has 0 N–H and O–H groups in total. The number of rotatable bonds is 6. The summed E-state index contributed by atoms with van der Waals surface area (Å²) in [5.74, 6) is 0. The van der Waals surface area contributed by atoms with Crippen molar-refractivity contribution in [1.82, 2.24) is 9.55 Å². The number of nitrogens with zero attached hydrogens (tertiary/aromatic N) is 2. The van der Waals surface area contributed by atoms with Gasteiger partial charge in [-0.15, -0.1) is 0 Å². The van der Waals surface area contributed by atoms with Gasteiger partial charge in [0.15, 0.2) is 0 Å². The minimum atomic E-state index is -1.40. The second-order valence-electron chi connectivity index (χ2n) is 7.85. The predicted molar refractivity (Wildman–Crippen MR) is 122 cm³/mol. The van der Waals surface area contributed by atoms with Crippen LogP contribution in [-0.2, 0) is 11.5 Å².